The molecule has 0 unspecified atom stereocenters. The first-order chi connectivity index (χ1) is 12.8. The summed E-state index contributed by atoms with van der Waals surface area (Å²) in [6, 6.07) is 11.0. The Morgan fingerprint density at radius 2 is 1.89 bits per heavy atom. The van der Waals surface area contributed by atoms with Crippen LogP contribution in [0.4, 0.5) is 0 Å². The molecule has 0 fully saturated rings. The molecule has 3 rings (SSSR count). The standard InChI is InChI=1S/C18H18N2O6S/c1-19(2)27(23,24)13-8-9-15-16(10-13)26-18(22)20(15)11-12-6-4-5-7-14(12)17(21)25-3/h4-10H,11H2,1-3H3. The zero-order valence-electron chi connectivity index (χ0n) is 15.0. The summed E-state index contributed by atoms with van der Waals surface area (Å²) in [5.74, 6) is -1.16. The van der Waals surface area contributed by atoms with Gasteiger partial charge in [0.2, 0.25) is 10.0 Å². The lowest BCUT2D eigenvalue weighted by Gasteiger charge is -2.11. The Hall–Kier alpha value is -2.91. The Morgan fingerprint density at radius 1 is 1.19 bits per heavy atom. The number of fused-ring (bicyclic) bond motifs is 1. The van der Waals surface area contributed by atoms with Crippen LogP contribution in [-0.4, -0.2) is 44.5 Å². The molecule has 0 saturated heterocycles. The summed E-state index contributed by atoms with van der Waals surface area (Å²) in [6.07, 6.45) is 0. The lowest BCUT2D eigenvalue weighted by Crippen LogP contribution is -2.22. The number of rotatable bonds is 5. The number of ether oxygens (including phenoxy) is 1. The van der Waals surface area contributed by atoms with Gasteiger partial charge < -0.3 is 9.15 Å². The molecule has 27 heavy (non-hydrogen) atoms. The molecule has 1 aromatic heterocycles. The molecule has 0 spiro atoms. The second-order valence-corrected chi connectivity index (χ2v) is 8.17. The van der Waals surface area contributed by atoms with Gasteiger partial charge in [0.05, 0.1) is 29.6 Å². The number of hydrogen-bond donors (Lipinski definition) is 0. The Kier molecular flexibility index (Phi) is 4.90. The quantitative estimate of drug-likeness (QED) is 0.615. The Labute approximate surface area is 155 Å². The van der Waals surface area contributed by atoms with Gasteiger partial charge >= 0.3 is 11.7 Å². The van der Waals surface area contributed by atoms with Gasteiger partial charge in [-0.25, -0.2) is 22.3 Å². The predicted molar refractivity (Wildman–Crippen MR) is 98.2 cm³/mol. The highest BCUT2D eigenvalue weighted by Gasteiger charge is 2.20. The van der Waals surface area contributed by atoms with E-state index in [1.807, 2.05) is 0 Å². The van der Waals surface area contributed by atoms with Crippen molar-refractivity contribution < 1.29 is 22.4 Å². The zero-order valence-corrected chi connectivity index (χ0v) is 15.8. The summed E-state index contributed by atoms with van der Waals surface area (Å²) in [7, 11) is 0.474. The fourth-order valence-electron chi connectivity index (χ4n) is 2.71. The minimum Gasteiger partial charge on any atom is -0.465 e. The van der Waals surface area contributed by atoms with Crippen LogP contribution in [0.15, 0.2) is 56.6 Å². The van der Waals surface area contributed by atoms with Crippen LogP contribution >= 0.6 is 0 Å². The smallest absolute Gasteiger partial charge is 0.420 e. The number of carbonyl (C=O) groups is 1. The molecule has 0 aliphatic rings. The van der Waals surface area contributed by atoms with Gasteiger partial charge in [0.1, 0.15) is 0 Å². The lowest BCUT2D eigenvalue weighted by molar-refractivity contribution is 0.0599. The molecule has 0 aliphatic carbocycles. The minimum atomic E-state index is -3.65. The number of carbonyl (C=O) groups excluding carboxylic acids is 1. The molecule has 0 amide bonds. The van der Waals surface area contributed by atoms with Crippen LogP contribution in [0.3, 0.4) is 0 Å². The van der Waals surface area contributed by atoms with Gasteiger partial charge in [0.15, 0.2) is 5.58 Å². The summed E-state index contributed by atoms with van der Waals surface area (Å²) in [4.78, 5) is 24.3. The van der Waals surface area contributed by atoms with Gasteiger partial charge in [-0.1, -0.05) is 18.2 Å². The van der Waals surface area contributed by atoms with Crippen LogP contribution in [0.25, 0.3) is 11.1 Å². The first kappa shape index (κ1) is 18.9. The van der Waals surface area contributed by atoms with Crippen LogP contribution in [0.1, 0.15) is 15.9 Å². The largest absolute Gasteiger partial charge is 0.465 e. The number of aromatic nitrogens is 1. The Bertz CT molecular complexity index is 1170. The molecule has 0 atom stereocenters. The average molecular weight is 390 g/mol. The predicted octanol–water partition coefficient (Wildman–Crippen LogP) is 1.68. The van der Waals surface area contributed by atoms with Gasteiger partial charge in [0, 0.05) is 20.2 Å². The van der Waals surface area contributed by atoms with E-state index in [-0.39, 0.29) is 17.0 Å². The van der Waals surface area contributed by atoms with E-state index in [2.05, 4.69) is 0 Å². The van der Waals surface area contributed by atoms with Crippen LogP contribution in [0, 0.1) is 0 Å². The fourth-order valence-corrected chi connectivity index (χ4v) is 3.62. The van der Waals surface area contributed by atoms with Crippen LogP contribution in [-0.2, 0) is 21.3 Å². The Balaban J connectivity index is 2.09. The maximum absolute atomic E-state index is 12.3. The molecule has 9 heteroatoms. The molecular weight excluding hydrogens is 372 g/mol. The SMILES string of the molecule is COC(=O)c1ccccc1Cn1c(=O)oc2cc(S(=O)(=O)N(C)C)ccc21. The Morgan fingerprint density at radius 3 is 2.56 bits per heavy atom. The number of benzene rings is 2. The molecule has 8 nitrogen and oxygen atoms in total. The number of esters is 1. The lowest BCUT2D eigenvalue weighted by atomic mass is 10.1. The van der Waals surface area contributed by atoms with Crippen molar-refractivity contribution in [2.45, 2.75) is 11.4 Å². The second-order valence-electron chi connectivity index (χ2n) is 6.02. The first-order valence-corrected chi connectivity index (χ1v) is 9.42. The summed E-state index contributed by atoms with van der Waals surface area (Å²) in [5.41, 5.74) is 1.50. The molecule has 2 aromatic carbocycles. The summed E-state index contributed by atoms with van der Waals surface area (Å²) >= 11 is 0. The molecule has 142 valence electrons. The van der Waals surface area contributed by atoms with E-state index in [0.29, 0.717) is 16.6 Å². The van der Waals surface area contributed by atoms with Gasteiger partial charge in [0.25, 0.3) is 0 Å². The van der Waals surface area contributed by atoms with Crippen LogP contribution in [0.5, 0.6) is 0 Å². The monoisotopic (exact) mass is 390 g/mol. The second kappa shape index (κ2) is 7.01. The van der Waals surface area contributed by atoms with Gasteiger partial charge in [-0.2, -0.15) is 0 Å². The van der Waals surface area contributed by atoms with E-state index >= 15 is 0 Å². The normalized spacial score (nSPS) is 11.9. The van der Waals surface area contributed by atoms with Gasteiger partial charge in [-0.3, -0.25) is 4.57 Å². The van der Waals surface area contributed by atoms with Crippen molar-refractivity contribution in [3.8, 4) is 0 Å². The van der Waals surface area contributed by atoms with Crippen molar-refractivity contribution in [1.82, 2.24) is 8.87 Å². The van der Waals surface area contributed by atoms with E-state index in [1.54, 1.807) is 24.3 Å². The average Bonchev–Trinajstić information content (AvgIpc) is 2.96. The molecule has 1 heterocycles. The third kappa shape index (κ3) is 3.38. The van der Waals surface area contributed by atoms with Crippen molar-refractivity contribution in [2.75, 3.05) is 21.2 Å². The highest BCUT2D eigenvalue weighted by molar-refractivity contribution is 7.89. The summed E-state index contributed by atoms with van der Waals surface area (Å²) in [6.45, 7) is 0.0802. The molecule has 0 radical (unpaired) electrons. The van der Waals surface area contributed by atoms with Crippen molar-refractivity contribution in [2.24, 2.45) is 0 Å². The van der Waals surface area contributed by atoms with E-state index in [1.165, 1.54) is 44.0 Å². The molecule has 0 aliphatic heterocycles. The molecule has 0 bridgehead atoms. The summed E-state index contributed by atoms with van der Waals surface area (Å²) < 4.78 is 36.9. The van der Waals surface area contributed by atoms with Gasteiger partial charge in [-0.05, 0) is 23.8 Å². The number of methoxy groups -OCH3 is 1. The third-order valence-electron chi connectivity index (χ3n) is 4.17. The van der Waals surface area contributed by atoms with Crippen molar-refractivity contribution in [3.63, 3.8) is 0 Å². The highest BCUT2D eigenvalue weighted by atomic mass is 32.2. The number of sulfonamides is 1. The summed E-state index contributed by atoms with van der Waals surface area (Å²) in [5, 5.41) is 0. The molecular formula is C18H18N2O6S. The topological polar surface area (TPSA) is 98.8 Å². The van der Waals surface area contributed by atoms with Gasteiger partial charge in [-0.15, -0.1) is 0 Å². The highest BCUT2D eigenvalue weighted by Crippen LogP contribution is 2.22. The van der Waals surface area contributed by atoms with E-state index in [0.717, 1.165) is 4.31 Å². The zero-order chi connectivity index (χ0) is 19.8. The minimum absolute atomic E-state index is 0.0239. The molecule has 3 aromatic rings. The van der Waals surface area contributed by atoms with E-state index in [9.17, 15) is 18.0 Å². The van der Waals surface area contributed by atoms with E-state index < -0.39 is 21.7 Å². The first-order valence-electron chi connectivity index (χ1n) is 7.98. The van der Waals surface area contributed by atoms with Crippen molar-refractivity contribution in [3.05, 3.63) is 64.1 Å². The van der Waals surface area contributed by atoms with Crippen LogP contribution in [0.2, 0.25) is 0 Å². The maximum atomic E-state index is 12.3. The molecule has 0 N–H and O–H groups in total. The fraction of sp³-hybridized carbons (Fsp3) is 0.222. The van der Waals surface area contributed by atoms with Crippen molar-refractivity contribution >= 4 is 27.1 Å². The third-order valence-corrected chi connectivity index (χ3v) is 5.98. The molecule has 0 saturated carbocycles. The maximum Gasteiger partial charge on any atom is 0.420 e. The van der Waals surface area contributed by atoms with E-state index in [4.69, 9.17) is 9.15 Å². The number of hydrogen-bond acceptors (Lipinski definition) is 6. The van der Waals surface area contributed by atoms with Crippen molar-refractivity contribution in [1.29, 1.82) is 0 Å². The number of oxazole rings is 1. The van der Waals surface area contributed by atoms with Crippen LogP contribution < -0.4 is 5.76 Å². The number of nitrogens with zero attached hydrogens (tertiary/aromatic N) is 2.